The molecule has 4 heteroatoms. The second-order valence-electron chi connectivity index (χ2n) is 5.36. The van der Waals surface area contributed by atoms with Crippen LogP contribution in [0.1, 0.15) is 32.1 Å². The molecule has 16 heavy (non-hydrogen) atoms. The molecular weight excluding hydrogens is 204 g/mol. The molecule has 1 aliphatic carbocycles. The van der Waals surface area contributed by atoms with Gasteiger partial charge in [0.05, 0.1) is 12.0 Å². The van der Waals surface area contributed by atoms with E-state index >= 15 is 0 Å². The number of hydrogen-bond donors (Lipinski definition) is 2. The van der Waals surface area contributed by atoms with E-state index < -0.39 is 0 Å². The fourth-order valence-corrected chi connectivity index (χ4v) is 3.70. The first-order valence-electron chi connectivity index (χ1n) is 6.49. The molecule has 2 unspecified atom stereocenters. The van der Waals surface area contributed by atoms with Crippen LogP contribution in [0.3, 0.4) is 0 Å². The lowest BCUT2D eigenvalue weighted by Gasteiger charge is -2.41. The van der Waals surface area contributed by atoms with Gasteiger partial charge in [-0.1, -0.05) is 0 Å². The SMILES string of the molecule is O=C1NCC2C1CCCN2[C@@H]1CCC[C@H]1O. The van der Waals surface area contributed by atoms with Crippen molar-refractivity contribution >= 4 is 5.91 Å². The number of aliphatic hydroxyl groups excluding tert-OH is 1. The van der Waals surface area contributed by atoms with E-state index in [1.807, 2.05) is 0 Å². The molecule has 2 saturated heterocycles. The van der Waals surface area contributed by atoms with Crippen LogP contribution in [0.5, 0.6) is 0 Å². The molecule has 90 valence electrons. The monoisotopic (exact) mass is 224 g/mol. The Morgan fingerprint density at radius 3 is 2.81 bits per heavy atom. The van der Waals surface area contributed by atoms with Crippen LogP contribution in [0.15, 0.2) is 0 Å². The summed E-state index contributed by atoms with van der Waals surface area (Å²) in [5, 5.41) is 12.9. The molecule has 3 aliphatic rings. The van der Waals surface area contributed by atoms with Crippen LogP contribution in [0, 0.1) is 5.92 Å². The molecular formula is C12H20N2O2. The zero-order chi connectivity index (χ0) is 11.1. The van der Waals surface area contributed by atoms with E-state index in [2.05, 4.69) is 10.2 Å². The molecule has 4 atom stereocenters. The number of rotatable bonds is 1. The first-order chi connectivity index (χ1) is 7.77. The lowest BCUT2D eigenvalue weighted by Crippen LogP contribution is -2.53. The quantitative estimate of drug-likeness (QED) is 0.664. The van der Waals surface area contributed by atoms with E-state index in [1.165, 1.54) is 0 Å². The van der Waals surface area contributed by atoms with Crippen LogP contribution in [0.4, 0.5) is 0 Å². The summed E-state index contributed by atoms with van der Waals surface area (Å²) in [6, 6.07) is 0.652. The Bertz CT molecular complexity index is 295. The average Bonchev–Trinajstić information content (AvgIpc) is 2.86. The van der Waals surface area contributed by atoms with Crippen molar-refractivity contribution in [2.75, 3.05) is 13.1 Å². The fraction of sp³-hybridized carbons (Fsp3) is 0.917. The normalized spacial score (nSPS) is 44.4. The minimum absolute atomic E-state index is 0.172. The Kier molecular flexibility index (Phi) is 2.64. The van der Waals surface area contributed by atoms with Crippen molar-refractivity contribution in [1.29, 1.82) is 0 Å². The van der Waals surface area contributed by atoms with Gasteiger partial charge in [0.15, 0.2) is 0 Å². The van der Waals surface area contributed by atoms with E-state index in [4.69, 9.17) is 0 Å². The Labute approximate surface area is 96.0 Å². The van der Waals surface area contributed by atoms with Gasteiger partial charge in [-0.2, -0.15) is 0 Å². The molecule has 0 aromatic carbocycles. The fourth-order valence-electron chi connectivity index (χ4n) is 3.70. The maximum Gasteiger partial charge on any atom is 0.224 e. The standard InChI is InChI=1S/C12H20N2O2/c15-11-5-1-4-9(11)14-6-2-3-8-10(14)7-13-12(8)16/h8-11,15H,1-7H2,(H,13,16)/t8?,9-,10?,11-/m1/s1. The highest BCUT2D eigenvalue weighted by Crippen LogP contribution is 2.34. The molecule has 2 aliphatic heterocycles. The van der Waals surface area contributed by atoms with Gasteiger partial charge in [0.2, 0.25) is 5.91 Å². The van der Waals surface area contributed by atoms with Crippen molar-refractivity contribution in [1.82, 2.24) is 10.2 Å². The Morgan fingerprint density at radius 1 is 1.19 bits per heavy atom. The van der Waals surface area contributed by atoms with Gasteiger partial charge in [-0.25, -0.2) is 0 Å². The van der Waals surface area contributed by atoms with Gasteiger partial charge in [0.25, 0.3) is 0 Å². The van der Waals surface area contributed by atoms with Crippen LogP contribution in [0.2, 0.25) is 0 Å². The van der Waals surface area contributed by atoms with Gasteiger partial charge < -0.3 is 10.4 Å². The summed E-state index contributed by atoms with van der Waals surface area (Å²) in [5.41, 5.74) is 0. The minimum Gasteiger partial charge on any atom is -0.391 e. The molecule has 3 fully saturated rings. The maximum atomic E-state index is 11.7. The number of hydrogen-bond acceptors (Lipinski definition) is 3. The molecule has 0 aromatic heterocycles. The zero-order valence-electron chi connectivity index (χ0n) is 9.56. The van der Waals surface area contributed by atoms with E-state index in [0.717, 1.165) is 45.2 Å². The van der Waals surface area contributed by atoms with Crippen molar-refractivity contribution in [2.45, 2.75) is 50.3 Å². The van der Waals surface area contributed by atoms with Gasteiger partial charge in [-0.15, -0.1) is 0 Å². The largest absolute Gasteiger partial charge is 0.391 e. The summed E-state index contributed by atoms with van der Waals surface area (Å²) in [7, 11) is 0. The maximum absolute atomic E-state index is 11.7. The van der Waals surface area contributed by atoms with E-state index in [9.17, 15) is 9.90 Å². The highest BCUT2D eigenvalue weighted by atomic mass is 16.3. The second-order valence-corrected chi connectivity index (χ2v) is 5.36. The van der Waals surface area contributed by atoms with Crippen molar-refractivity contribution in [3.63, 3.8) is 0 Å². The zero-order valence-corrected chi connectivity index (χ0v) is 9.56. The molecule has 3 rings (SSSR count). The number of carbonyl (C=O) groups excluding carboxylic acids is 1. The van der Waals surface area contributed by atoms with Gasteiger partial charge in [0, 0.05) is 18.6 Å². The molecule has 0 bridgehead atoms. The van der Waals surface area contributed by atoms with Crippen LogP contribution >= 0.6 is 0 Å². The Morgan fingerprint density at radius 2 is 2.06 bits per heavy atom. The number of nitrogens with one attached hydrogen (secondary N) is 1. The molecule has 4 nitrogen and oxygen atoms in total. The number of aliphatic hydroxyl groups is 1. The highest BCUT2D eigenvalue weighted by Gasteiger charge is 2.45. The molecule has 0 aromatic rings. The molecule has 0 radical (unpaired) electrons. The molecule has 2 N–H and O–H groups in total. The summed E-state index contributed by atoms with van der Waals surface area (Å²) in [6.45, 7) is 1.84. The lowest BCUT2D eigenvalue weighted by molar-refractivity contribution is -0.124. The van der Waals surface area contributed by atoms with Crippen LogP contribution in [-0.4, -0.2) is 47.2 Å². The third-order valence-electron chi connectivity index (χ3n) is 4.51. The van der Waals surface area contributed by atoms with Crippen LogP contribution < -0.4 is 5.32 Å². The predicted octanol–water partition coefficient (Wildman–Crippen LogP) is 0.110. The minimum atomic E-state index is -0.172. The number of piperidine rings is 1. The molecule has 0 spiro atoms. The van der Waals surface area contributed by atoms with E-state index in [0.29, 0.717) is 12.1 Å². The summed E-state index contributed by atoms with van der Waals surface area (Å²) < 4.78 is 0. The van der Waals surface area contributed by atoms with E-state index in [1.54, 1.807) is 0 Å². The van der Waals surface area contributed by atoms with Crippen LogP contribution in [-0.2, 0) is 4.79 Å². The average molecular weight is 224 g/mol. The smallest absolute Gasteiger partial charge is 0.224 e. The Balaban J connectivity index is 1.77. The third kappa shape index (κ3) is 1.55. The number of amides is 1. The van der Waals surface area contributed by atoms with Gasteiger partial charge >= 0.3 is 0 Å². The summed E-state index contributed by atoms with van der Waals surface area (Å²) in [6.07, 6.45) is 5.10. The second kappa shape index (κ2) is 4.00. The highest BCUT2D eigenvalue weighted by molar-refractivity contribution is 5.82. The third-order valence-corrected chi connectivity index (χ3v) is 4.51. The Hall–Kier alpha value is -0.610. The number of fused-ring (bicyclic) bond motifs is 1. The topological polar surface area (TPSA) is 52.6 Å². The van der Waals surface area contributed by atoms with Gasteiger partial charge in [0.1, 0.15) is 0 Å². The molecule has 1 amide bonds. The predicted molar refractivity (Wildman–Crippen MR) is 59.9 cm³/mol. The van der Waals surface area contributed by atoms with E-state index in [-0.39, 0.29) is 17.9 Å². The van der Waals surface area contributed by atoms with Crippen molar-refractivity contribution < 1.29 is 9.90 Å². The summed E-state index contributed by atoms with van der Waals surface area (Å²) in [5.74, 6) is 0.406. The number of nitrogens with zero attached hydrogens (tertiary/aromatic N) is 1. The first kappa shape index (κ1) is 10.5. The molecule has 2 heterocycles. The number of carbonyl (C=O) groups is 1. The summed E-state index contributed by atoms with van der Waals surface area (Å²) in [4.78, 5) is 14.1. The first-order valence-corrected chi connectivity index (χ1v) is 6.49. The molecule has 1 saturated carbocycles. The number of likely N-dealkylation sites (tertiary alicyclic amines) is 1. The van der Waals surface area contributed by atoms with Crippen molar-refractivity contribution in [2.24, 2.45) is 5.92 Å². The van der Waals surface area contributed by atoms with Gasteiger partial charge in [-0.05, 0) is 38.6 Å². The summed E-state index contributed by atoms with van der Waals surface area (Å²) >= 11 is 0. The van der Waals surface area contributed by atoms with Crippen molar-refractivity contribution in [3.8, 4) is 0 Å². The lowest BCUT2D eigenvalue weighted by atomic mass is 9.89. The van der Waals surface area contributed by atoms with Gasteiger partial charge in [-0.3, -0.25) is 9.69 Å². The van der Waals surface area contributed by atoms with Crippen LogP contribution in [0.25, 0.3) is 0 Å². The van der Waals surface area contributed by atoms with Crippen molar-refractivity contribution in [3.05, 3.63) is 0 Å².